The van der Waals surface area contributed by atoms with Gasteiger partial charge in [0.05, 0.1) is 0 Å². The molecule has 1 rings (SSSR count). The van der Waals surface area contributed by atoms with Gasteiger partial charge in [-0.25, -0.2) is 4.98 Å². The van der Waals surface area contributed by atoms with Crippen LogP contribution in [0.2, 0.25) is 0 Å². The van der Waals surface area contributed by atoms with Crippen LogP contribution in [0.5, 0.6) is 0 Å². The molecule has 0 radical (unpaired) electrons. The second-order valence-electron chi connectivity index (χ2n) is 1.90. The van der Waals surface area contributed by atoms with Crippen molar-refractivity contribution in [2.24, 2.45) is 0 Å². The van der Waals surface area contributed by atoms with Crippen molar-refractivity contribution in [2.45, 2.75) is 12.5 Å². The summed E-state index contributed by atoms with van der Waals surface area (Å²) < 4.78 is 0. The van der Waals surface area contributed by atoms with Crippen molar-refractivity contribution in [1.29, 1.82) is 0 Å². The van der Waals surface area contributed by atoms with Crippen molar-refractivity contribution < 1.29 is 10.2 Å². The zero-order valence-corrected chi connectivity index (χ0v) is 6.21. The van der Waals surface area contributed by atoms with Crippen LogP contribution >= 0.6 is 11.3 Å². The lowest BCUT2D eigenvalue weighted by molar-refractivity contribution is 0.134. The summed E-state index contributed by atoms with van der Waals surface area (Å²) in [5.41, 5.74) is 0. The molecule has 1 aromatic rings. The van der Waals surface area contributed by atoms with Crippen LogP contribution in [0.3, 0.4) is 0 Å². The minimum absolute atomic E-state index is 0.000741. The monoisotopic (exact) mass is 159 g/mol. The van der Waals surface area contributed by atoms with Crippen LogP contribution in [0.25, 0.3) is 0 Å². The van der Waals surface area contributed by atoms with Crippen molar-refractivity contribution in [2.75, 3.05) is 6.61 Å². The first kappa shape index (κ1) is 7.65. The van der Waals surface area contributed by atoms with Gasteiger partial charge in [-0.2, -0.15) is 0 Å². The molecule has 56 valence electrons. The summed E-state index contributed by atoms with van der Waals surface area (Å²) in [5.74, 6) is 0. The lowest BCUT2D eigenvalue weighted by Crippen LogP contribution is -1.98. The first-order valence-corrected chi connectivity index (χ1v) is 3.91. The van der Waals surface area contributed by atoms with Gasteiger partial charge < -0.3 is 10.2 Å². The highest BCUT2D eigenvalue weighted by atomic mass is 32.1. The van der Waals surface area contributed by atoms with Crippen LogP contribution in [0.15, 0.2) is 11.6 Å². The predicted molar refractivity (Wildman–Crippen MR) is 38.8 cm³/mol. The SMILES string of the molecule is OCCC(O)c1nccs1. The Bertz CT molecular complexity index is 176. The number of rotatable bonds is 3. The fourth-order valence-electron chi connectivity index (χ4n) is 0.645. The highest BCUT2D eigenvalue weighted by Gasteiger charge is 2.07. The lowest BCUT2D eigenvalue weighted by atomic mass is 10.3. The Morgan fingerprint density at radius 2 is 2.50 bits per heavy atom. The van der Waals surface area contributed by atoms with Gasteiger partial charge in [-0.05, 0) is 0 Å². The quantitative estimate of drug-likeness (QED) is 0.677. The molecule has 0 aromatic carbocycles. The smallest absolute Gasteiger partial charge is 0.121 e. The highest BCUT2D eigenvalue weighted by molar-refractivity contribution is 7.09. The van der Waals surface area contributed by atoms with Crippen LogP contribution in [-0.2, 0) is 0 Å². The minimum Gasteiger partial charge on any atom is -0.396 e. The molecule has 10 heavy (non-hydrogen) atoms. The van der Waals surface area contributed by atoms with Crippen LogP contribution in [-0.4, -0.2) is 21.8 Å². The van der Waals surface area contributed by atoms with Crippen LogP contribution in [0.4, 0.5) is 0 Å². The summed E-state index contributed by atoms with van der Waals surface area (Å²) in [4.78, 5) is 3.89. The summed E-state index contributed by atoms with van der Waals surface area (Å²) in [7, 11) is 0. The van der Waals surface area contributed by atoms with E-state index in [1.165, 1.54) is 11.3 Å². The highest BCUT2D eigenvalue weighted by Crippen LogP contribution is 2.17. The molecule has 0 saturated heterocycles. The first-order valence-electron chi connectivity index (χ1n) is 3.03. The predicted octanol–water partition coefficient (Wildman–Crippen LogP) is 0.559. The maximum Gasteiger partial charge on any atom is 0.121 e. The van der Waals surface area contributed by atoms with Gasteiger partial charge in [-0.1, -0.05) is 0 Å². The number of thiazole rings is 1. The third kappa shape index (κ3) is 1.76. The summed E-state index contributed by atoms with van der Waals surface area (Å²) >= 11 is 1.40. The Kier molecular flexibility index (Phi) is 2.80. The minimum atomic E-state index is -0.593. The topological polar surface area (TPSA) is 53.4 Å². The number of aliphatic hydroxyl groups excluding tert-OH is 2. The van der Waals surface area contributed by atoms with Crippen molar-refractivity contribution >= 4 is 11.3 Å². The standard InChI is InChI=1S/C6H9NO2S/c8-3-1-5(9)6-7-2-4-10-6/h2,4-5,8-9H,1,3H2. The van der Waals surface area contributed by atoms with E-state index in [0.29, 0.717) is 11.4 Å². The molecule has 0 bridgehead atoms. The van der Waals surface area contributed by atoms with E-state index in [1.807, 2.05) is 0 Å². The van der Waals surface area contributed by atoms with E-state index in [0.717, 1.165) is 0 Å². The Balaban J connectivity index is 2.50. The average molecular weight is 159 g/mol. The fraction of sp³-hybridized carbons (Fsp3) is 0.500. The zero-order valence-electron chi connectivity index (χ0n) is 5.40. The zero-order chi connectivity index (χ0) is 7.40. The molecule has 0 fully saturated rings. The number of hydrogen-bond donors (Lipinski definition) is 2. The van der Waals surface area contributed by atoms with E-state index in [-0.39, 0.29) is 6.61 Å². The van der Waals surface area contributed by atoms with E-state index in [1.54, 1.807) is 11.6 Å². The normalized spacial score (nSPS) is 13.4. The molecule has 3 nitrogen and oxygen atoms in total. The van der Waals surface area contributed by atoms with E-state index in [9.17, 15) is 5.11 Å². The number of nitrogens with zero attached hydrogens (tertiary/aromatic N) is 1. The second-order valence-corrected chi connectivity index (χ2v) is 2.82. The molecule has 1 heterocycles. The molecule has 0 saturated carbocycles. The molecule has 1 unspecified atom stereocenters. The van der Waals surface area contributed by atoms with Crippen LogP contribution in [0, 0.1) is 0 Å². The van der Waals surface area contributed by atoms with E-state index >= 15 is 0 Å². The molecular weight excluding hydrogens is 150 g/mol. The molecule has 1 aromatic heterocycles. The van der Waals surface area contributed by atoms with Gasteiger partial charge in [0, 0.05) is 24.6 Å². The third-order valence-corrected chi connectivity index (χ3v) is 2.02. The second kappa shape index (κ2) is 3.65. The van der Waals surface area contributed by atoms with E-state index in [2.05, 4.69) is 4.98 Å². The Morgan fingerprint density at radius 3 is 3.00 bits per heavy atom. The molecule has 0 spiro atoms. The van der Waals surface area contributed by atoms with Crippen molar-refractivity contribution in [1.82, 2.24) is 4.98 Å². The molecular formula is C6H9NO2S. The molecule has 0 aliphatic carbocycles. The summed E-state index contributed by atoms with van der Waals surface area (Å²) in [6, 6.07) is 0. The van der Waals surface area contributed by atoms with Crippen molar-refractivity contribution in [3.05, 3.63) is 16.6 Å². The number of hydrogen-bond acceptors (Lipinski definition) is 4. The summed E-state index contributed by atoms with van der Waals surface area (Å²) in [5, 5.41) is 20.1. The Labute approximate surface area is 63.0 Å². The number of aromatic nitrogens is 1. The van der Waals surface area contributed by atoms with Crippen LogP contribution < -0.4 is 0 Å². The Morgan fingerprint density at radius 1 is 1.70 bits per heavy atom. The molecule has 0 aliphatic rings. The average Bonchev–Trinajstić information content (AvgIpc) is 2.38. The molecule has 0 amide bonds. The van der Waals surface area contributed by atoms with E-state index in [4.69, 9.17) is 5.11 Å². The number of aliphatic hydroxyl groups is 2. The van der Waals surface area contributed by atoms with Crippen LogP contribution in [0.1, 0.15) is 17.5 Å². The Hall–Kier alpha value is -0.450. The maximum atomic E-state index is 9.20. The first-order chi connectivity index (χ1) is 4.84. The summed E-state index contributed by atoms with van der Waals surface area (Å²) in [6.07, 6.45) is 1.42. The van der Waals surface area contributed by atoms with E-state index < -0.39 is 6.10 Å². The van der Waals surface area contributed by atoms with Crippen molar-refractivity contribution in [3.8, 4) is 0 Å². The molecule has 1 atom stereocenters. The van der Waals surface area contributed by atoms with Gasteiger partial charge in [0.25, 0.3) is 0 Å². The largest absolute Gasteiger partial charge is 0.396 e. The maximum absolute atomic E-state index is 9.20. The van der Waals surface area contributed by atoms with Gasteiger partial charge >= 0.3 is 0 Å². The van der Waals surface area contributed by atoms with Gasteiger partial charge in [0.15, 0.2) is 0 Å². The third-order valence-electron chi connectivity index (χ3n) is 1.14. The molecule has 0 aliphatic heterocycles. The lowest BCUT2D eigenvalue weighted by Gasteiger charge is -2.02. The van der Waals surface area contributed by atoms with Crippen molar-refractivity contribution in [3.63, 3.8) is 0 Å². The fourth-order valence-corrected chi connectivity index (χ4v) is 1.30. The van der Waals surface area contributed by atoms with Gasteiger partial charge in [0.2, 0.25) is 0 Å². The molecule has 2 N–H and O–H groups in total. The van der Waals surface area contributed by atoms with Gasteiger partial charge in [0.1, 0.15) is 11.1 Å². The molecule has 4 heteroatoms. The van der Waals surface area contributed by atoms with Gasteiger partial charge in [-0.15, -0.1) is 11.3 Å². The summed E-state index contributed by atoms with van der Waals surface area (Å²) in [6.45, 7) is 0.000741. The van der Waals surface area contributed by atoms with Gasteiger partial charge in [-0.3, -0.25) is 0 Å².